The smallest absolute Gasteiger partial charge is 0.0992 e. The standard InChI is InChI=1S/C16H13N3/c1-16-6-5-12(10-18)8-15(16)19(2)14-7-11(9-17)3-4-13(14)16/h3-8,15H,1-2H3. The van der Waals surface area contributed by atoms with E-state index < -0.39 is 0 Å². The number of fused-ring (bicyclic) bond motifs is 3. The van der Waals surface area contributed by atoms with Crippen LogP contribution in [0.25, 0.3) is 0 Å². The minimum absolute atomic E-state index is 0.127. The van der Waals surface area contributed by atoms with Crippen LogP contribution < -0.4 is 4.90 Å². The molecule has 0 amide bonds. The van der Waals surface area contributed by atoms with Gasteiger partial charge in [-0.2, -0.15) is 10.5 Å². The Balaban J connectivity index is 2.20. The van der Waals surface area contributed by atoms with Crippen LogP contribution in [0.15, 0.2) is 42.0 Å². The number of anilines is 1. The zero-order chi connectivity index (χ0) is 13.6. The first-order valence-corrected chi connectivity index (χ1v) is 6.19. The molecule has 0 fully saturated rings. The van der Waals surface area contributed by atoms with E-state index in [1.165, 1.54) is 5.56 Å². The summed E-state index contributed by atoms with van der Waals surface area (Å²) in [6.07, 6.45) is 5.99. The first-order chi connectivity index (χ1) is 9.10. The molecular formula is C16H13N3. The van der Waals surface area contributed by atoms with Crippen molar-refractivity contribution in [2.24, 2.45) is 0 Å². The Kier molecular flexibility index (Phi) is 2.27. The van der Waals surface area contributed by atoms with Gasteiger partial charge in [-0.1, -0.05) is 12.1 Å². The van der Waals surface area contributed by atoms with Gasteiger partial charge < -0.3 is 4.90 Å². The van der Waals surface area contributed by atoms with Crippen molar-refractivity contribution in [1.82, 2.24) is 0 Å². The van der Waals surface area contributed by atoms with Gasteiger partial charge in [-0.05, 0) is 36.8 Å². The lowest BCUT2D eigenvalue weighted by Gasteiger charge is -2.33. The minimum Gasteiger partial charge on any atom is -0.367 e. The number of likely N-dealkylation sites (N-methyl/N-ethyl adjacent to an activating group) is 1. The molecule has 2 atom stereocenters. The molecule has 19 heavy (non-hydrogen) atoms. The van der Waals surface area contributed by atoms with Gasteiger partial charge >= 0.3 is 0 Å². The molecule has 0 saturated carbocycles. The SMILES string of the molecule is CN1c2cc(C#N)ccc2C2(C)C=CC(C#N)=CC12. The molecule has 0 N–H and O–H groups in total. The van der Waals surface area contributed by atoms with Crippen LogP contribution in [0.4, 0.5) is 5.69 Å². The third kappa shape index (κ3) is 1.42. The van der Waals surface area contributed by atoms with Crippen LogP contribution in [-0.2, 0) is 5.41 Å². The lowest BCUT2D eigenvalue weighted by Crippen LogP contribution is -2.40. The van der Waals surface area contributed by atoms with Gasteiger partial charge in [-0.15, -0.1) is 0 Å². The highest BCUT2D eigenvalue weighted by Crippen LogP contribution is 2.48. The lowest BCUT2D eigenvalue weighted by atomic mass is 9.75. The molecule has 1 aliphatic carbocycles. The van der Waals surface area contributed by atoms with E-state index in [9.17, 15) is 0 Å². The first-order valence-electron chi connectivity index (χ1n) is 6.19. The summed E-state index contributed by atoms with van der Waals surface area (Å²) in [6.45, 7) is 2.17. The van der Waals surface area contributed by atoms with E-state index in [4.69, 9.17) is 10.5 Å². The molecule has 0 spiro atoms. The van der Waals surface area contributed by atoms with Gasteiger partial charge in [0.05, 0.1) is 23.7 Å². The quantitative estimate of drug-likeness (QED) is 0.708. The van der Waals surface area contributed by atoms with E-state index in [2.05, 4.69) is 30.0 Å². The van der Waals surface area contributed by atoms with Crippen molar-refractivity contribution in [3.05, 3.63) is 53.1 Å². The van der Waals surface area contributed by atoms with E-state index in [-0.39, 0.29) is 11.5 Å². The van der Waals surface area contributed by atoms with E-state index in [1.54, 1.807) is 0 Å². The number of benzene rings is 1. The van der Waals surface area contributed by atoms with E-state index in [0.717, 1.165) is 5.69 Å². The Bertz CT molecular complexity index is 700. The Labute approximate surface area is 112 Å². The van der Waals surface area contributed by atoms with Gasteiger partial charge in [-0.25, -0.2) is 0 Å². The monoisotopic (exact) mass is 247 g/mol. The summed E-state index contributed by atoms with van der Waals surface area (Å²) in [5, 5.41) is 18.1. The highest BCUT2D eigenvalue weighted by atomic mass is 15.2. The number of allylic oxidation sites excluding steroid dienone is 2. The van der Waals surface area contributed by atoms with Crippen LogP contribution >= 0.6 is 0 Å². The molecule has 0 aromatic heterocycles. The van der Waals surface area contributed by atoms with Gasteiger partial charge in [0.25, 0.3) is 0 Å². The Hall–Kier alpha value is -2.52. The second-order valence-corrected chi connectivity index (χ2v) is 5.25. The molecule has 3 nitrogen and oxygen atoms in total. The molecule has 1 aromatic rings. The topological polar surface area (TPSA) is 50.8 Å². The van der Waals surface area contributed by atoms with Crippen LogP contribution in [0.1, 0.15) is 18.1 Å². The van der Waals surface area contributed by atoms with Crippen molar-refractivity contribution < 1.29 is 0 Å². The average molecular weight is 247 g/mol. The van der Waals surface area contributed by atoms with Gasteiger partial charge in [0.1, 0.15) is 0 Å². The number of nitriles is 2. The van der Waals surface area contributed by atoms with Crippen molar-refractivity contribution in [2.45, 2.75) is 18.4 Å². The molecule has 3 rings (SSSR count). The second kappa shape index (κ2) is 3.73. The van der Waals surface area contributed by atoms with Crippen LogP contribution in [0.2, 0.25) is 0 Å². The molecule has 0 bridgehead atoms. The number of rotatable bonds is 0. The normalized spacial score (nSPS) is 27.1. The fourth-order valence-electron chi connectivity index (χ4n) is 3.10. The molecular weight excluding hydrogens is 234 g/mol. The highest BCUT2D eigenvalue weighted by molar-refractivity contribution is 5.70. The Morgan fingerprint density at radius 3 is 2.74 bits per heavy atom. The Morgan fingerprint density at radius 1 is 1.26 bits per heavy atom. The summed E-state index contributed by atoms with van der Waals surface area (Å²) in [4.78, 5) is 2.15. The highest BCUT2D eigenvalue weighted by Gasteiger charge is 2.45. The average Bonchev–Trinajstić information content (AvgIpc) is 2.67. The summed E-state index contributed by atoms with van der Waals surface area (Å²) in [7, 11) is 2.01. The van der Waals surface area contributed by atoms with Gasteiger partial charge in [0.2, 0.25) is 0 Å². The third-order valence-electron chi connectivity index (χ3n) is 4.19. The van der Waals surface area contributed by atoms with Crippen LogP contribution in [-0.4, -0.2) is 13.1 Å². The zero-order valence-electron chi connectivity index (χ0n) is 10.9. The largest absolute Gasteiger partial charge is 0.367 e. The molecule has 0 radical (unpaired) electrons. The predicted molar refractivity (Wildman–Crippen MR) is 73.5 cm³/mol. The Morgan fingerprint density at radius 2 is 2.05 bits per heavy atom. The van der Waals surface area contributed by atoms with Gasteiger partial charge in [-0.3, -0.25) is 0 Å². The fraction of sp³-hybridized carbons (Fsp3) is 0.250. The maximum Gasteiger partial charge on any atom is 0.0992 e. The van der Waals surface area contributed by atoms with E-state index in [0.29, 0.717) is 11.1 Å². The number of hydrogen-bond donors (Lipinski definition) is 0. The minimum atomic E-state index is -0.127. The summed E-state index contributed by atoms with van der Waals surface area (Å²) < 4.78 is 0. The molecule has 1 aliphatic heterocycles. The number of nitrogens with zero attached hydrogens (tertiary/aromatic N) is 3. The summed E-state index contributed by atoms with van der Waals surface area (Å²) >= 11 is 0. The van der Waals surface area contributed by atoms with Crippen LogP contribution in [0, 0.1) is 22.7 Å². The summed E-state index contributed by atoms with van der Waals surface area (Å²) in [5.41, 5.74) is 3.53. The molecule has 2 aliphatic rings. The maximum absolute atomic E-state index is 9.05. The van der Waals surface area contributed by atoms with E-state index in [1.807, 2.05) is 37.4 Å². The molecule has 92 valence electrons. The molecule has 2 unspecified atom stereocenters. The van der Waals surface area contributed by atoms with Crippen molar-refractivity contribution in [2.75, 3.05) is 11.9 Å². The van der Waals surface area contributed by atoms with Crippen molar-refractivity contribution in [3.63, 3.8) is 0 Å². The van der Waals surface area contributed by atoms with Crippen LogP contribution in [0.5, 0.6) is 0 Å². The zero-order valence-corrected chi connectivity index (χ0v) is 10.9. The fourth-order valence-corrected chi connectivity index (χ4v) is 3.10. The number of hydrogen-bond acceptors (Lipinski definition) is 3. The third-order valence-corrected chi connectivity index (χ3v) is 4.19. The van der Waals surface area contributed by atoms with Crippen molar-refractivity contribution in [3.8, 4) is 12.1 Å². The van der Waals surface area contributed by atoms with E-state index >= 15 is 0 Å². The molecule has 0 saturated heterocycles. The summed E-state index contributed by atoms with van der Waals surface area (Å²) in [6, 6.07) is 10.3. The molecule has 1 heterocycles. The van der Waals surface area contributed by atoms with Crippen molar-refractivity contribution >= 4 is 5.69 Å². The second-order valence-electron chi connectivity index (χ2n) is 5.25. The van der Waals surface area contributed by atoms with Crippen LogP contribution in [0.3, 0.4) is 0 Å². The van der Waals surface area contributed by atoms with Gasteiger partial charge in [0, 0.05) is 23.7 Å². The lowest BCUT2D eigenvalue weighted by molar-refractivity contribution is 0.539. The molecule has 3 heteroatoms. The summed E-state index contributed by atoms with van der Waals surface area (Å²) in [5.74, 6) is 0. The van der Waals surface area contributed by atoms with Crippen molar-refractivity contribution in [1.29, 1.82) is 10.5 Å². The molecule has 1 aromatic carbocycles. The van der Waals surface area contributed by atoms with Gasteiger partial charge in [0.15, 0.2) is 0 Å². The maximum atomic E-state index is 9.05. The first kappa shape index (κ1) is 11.6. The predicted octanol–water partition coefficient (Wildman–Crippen LogP) is 2.65.